The molecule has 1 aromatic carbocycles. The number of pyridine rings is 1. The molecule has 1 amide bonds. The average molecular weight is 405 g/mol. The van der Waals surface area contributed by atoms with Gasteiger partial charge in [0.2, 0.25) is 0 Å². The van der Waals surface area contributed by atoms with Gasteiger partial charge in [0.1, 0.15) is 23.7 Å². The van der Waals surface area contributed by atoms with Crippen LogP contribution in [0.15, 0.2) is 76.6 Å². The zero-order valence-electron chi connectivity index (χ0n) is 15.9. The van der Waals surface area contributed by atoms with E-state index in [9.17, 15) is 9.59 Å². The fraction of sp³-hybridized carbons (Fsp3) is 0.150. The Labute approximate surface area is 171 Å². The third kappa shape index (κ3) is 4.67. The first-order valence-corrected chi connectivity index (χ1v) is 9.27. The molecular weight excluding hydrogens is 386 g/mol. The summed E-state index contributed by atoms with van der Waals surface area (Å²) >= 11 is 0. The fourth-order valence-electron chi connectivity index (χ4n) is 2.73. The smallest absolute Gasteiger partial charge is 0.274 e. The summed E-state index contributed by atoms with van der Waals surface area (Å²) in [6.07, 6.45) is 0.957. The van der Waals surface area contributed by atoms with E-state index >= 15 is 0 Å². The number of aromatic nitrogens is 3. The number of rotatable bonds is 7. The lowest BCUT2D eigenvalue weighted by Crippen LogP contribution is -2.46. The molecule has 152 valence electrons. The predicted octanol–water partition coefficient (Wildman–Crippen LogP) is 0.285. The van der Waals surface area contributed by atoms with Crippen LogP contribution >= 0.6 is 0 Å². The Bertz CT molecular complexity index is 1100. The highest BCUT2D eigenvalue weighted by Gasteiger charge is 2.21. The summed E-state index contributed by atoms with van der Waals surface area (Å²) in [5.41, 5.74) is 6.14. The number of aliphatic imine (C=N–C) groups is 1. The van der Waals surface area contributed by atoms with Gasteiger partial charge in [-0.15, -0.1) is 0 Å². The Hall–Kier alpha value is -4.05. The summed E-state index contributed by atoms with van der Waals surface area (Å²) in [5.74, 6) is 0.732. The summed E-state index contributed by atoms with van der Waals surface area (Å²) in [6, 6.07) is 17.4. The van der Waals surface area contributed by atoms with Gasteiger partial charge in [0, 0.05) is 12.3 Å². The summed E-state index contributed by atoms with van der Waals surface area (Å²) in [7, 11) is 0. The first-order valence-electron chi connectivity index (χ1n) is 9.27. The largest absolute Gasteiger partial charge is 0.492 e. The van der Waals surface area contributed by atoms with Crippen molar-refractivity contribution < 1.29 is 9.53 Å². The maximum Gasteiger partial charge on any atom is 0.274 e. The van der Waals surface area contributed by atoms with Crippen molar-refractivity contribution in [2.24, 2.45) is 4.99 Å². The normalized spacial score (nSPS) is 15.2. The standard InChI is InChI=1S/C20H19N7O3/c28-17-10-9-16(26-27(17)12-13-30-14-6-2-1-3-7-14)19(29)23-20-22-18(24-25-20)15-8-4-5-11-21-15/h1-11,20,25H,12-13H2,(H,22,24)(H,23,29). The van der Waals surface area contributed by atoms with Gasteiger partial charge in [0.25, 0.3) is 11.5 Å². The van der Waals surface area contributed by atoms with E-state index in [0.29, 0.717) is 17.3 Å². The van der Waals surface area contributed by atoms with Crippen LogP contribution < -0.4 is 26.5 Å². The third-order valence-electron chi connectivity index (χ3n) is 4.18. The van der Waals surface area contributed by atoms with Crippen molar-refractivity contribution in [1.29, 1.82) is 0 Å². The van der Waals surface area contributed by atoms with E-state index in [2.05, 4.69) is 31.2 Å². The second-order valence-electron chi connectivity index (χ2n) is 6.28. The molecule has 10 heteroatoms. The minimum absolute atomic E-state index is 0.0950. The van der Waals surface area contributed by atoms with E-state index in [1.165, 1.54) is 16.8 Å². The van der Waals surface area contributed by atoms with E-state index in [1.807, 2.05) is 36.4 Å². The number of nitrogens with one attached hydrogen (secondary N) is 3. The molecule has 1 unspecified atom stereocenters. The van der Waals surface area contributed by atoms with Crippen LogP contribution in [-0.2, 0) is 6.54 Å². The summed E-state index contributed by atoms with van der Waals surface area (Å²) < 4.78 is 6.78. The maximum absolute atomic E-state index is 12.5. The number of hydrazine groups is 1. The Morgan fingerprint density at radius 2 is 1.93 bits per heavy atom. The molecule has 0 aliphatic carbocycles. The summed E-state index contributed by atoms with van der Waals surface area (Å²) in [4.78, 5) is 33.1. The van der Waals surface area contributed by atoms with Crippen LogP contribution in [0.2, 0.25) is 0 Å². The van der Waals surface area contributed by atoms with Crippen LogP contribution in [0.1, 0.15) is 16.2 Å². The molecule has 2 aromatic heterocycles. The van der Waals surface area contributed by atoms with E-state index in [0.717, 1.165) is 0 Å². The van der Waals surface area contributed by atoms with Gasteiger partial charge in [0.15, 0.2) is 12.1 Å². The van der Waals surface area contributed by atoms with Crippen LogP contribution in [0.4, 0.5) is 0 Å². The number of para-hydroxylation sites is 1. The predicted molar refractivity (Wildman–Crippen MR) is 109 cm³/mol. The van der Waals surface area contributed by atoms with Crippen molar-refractivity contribution in [3.05, 3.63) is 88.6 Å². The lowest BCUT2D eigenvalue weighted by molar-refractivity contribution is 0.0924. The number of carbonyl (C=O) groups excluding carboxylic acids is 1. The highest BCUT2D eigenvalue weighted by atomic mass is 16.5. The van der Waals surface area contributed by atoms with E-state index in [-0.39, 0.29) is 24.4 Å². The van der Waals surface area contributed by atoms with Gasteiger partial charge in [0.05, 0.1) is 6.54 Å². The minimum atomic E-state index is -0.696. The van der Waals surface area contributed by atoms with Crippen molar-refractivity contribution in [1.82, 2.24) is 30.9 Å². The molecule has 10 nitrogen and oxygen atoms in total. The van der Waals surface area contributed by atoms with E-state index in [4.69, 9.17) is 4.74 Å². The van der Waals surface area contributed by atoms with Gasteiger partial charge in [-0.05, 0) is 30.3 Å². The van der Waals surface area contributed by atoms with Gasteiger partial charge >= 0.3 is 0 Å². The molecule has 30 heavy (non-hydrogen) atoms. The molecular formula is C20H19N7O3. The Kier molecular flexibility index (Phi) is 5.76. The molecule has 3 aromatic rings. The Morgan fingerprint density at radius 1 is 1.10 bits per heavy atom. The lowest BCUT2D eigenvalue weighted by Gasteiger charge is -2.11. The van der Waals surface area contributed by atoms with Crippen molar-refractivity contribution in [2.75, 3.05) is 6.61 Å². The second kappa shape index (κ2) is 8.97. The van der Waals surface area contributed by atoms with Crippen LogP contribution in [0.3, 0.4) is 0 Å². The molecule has 3 N–H and O–H groups in total. The van der Waals surface area contributed by atoms with Crippen LogP contribution in [0, 0.1) is 0 Å². The molecule has 0 saturated carbocycles. The molecule has 0 bridgehead atoms. The lowest BCUT2D eigenvalue weighted by atomic mass is 10.3. The number of amidine groups is 1. The summed E-state index contributed by atoms with van der Waals surface area (Å²) in [6.45, 7) is 0.452. The van der Waals surface area contributed by atoms with E-state index in [1.54, 1.807) is 18.3 Å². The summed E-state index contributed by atoms with van der Waals surface area (Å²) in [5, 5.41) is 6.81. The molecule has 0 radical (unpaired) electrons. The number of hydrogen-bond donors (Lipinski definition) is 3. The number of benzene rings is 1. The number of amides is 1. The van der Waals surface area contributed by atoms with Crippen molar-refractivity contribution in [3.63, 3.8) is 0 Å². The second-order valence-corrected chi connectivity index (χ2v) is 6.28. The highest BCUT2D eigenvalue weighted by molar-refractivity contribution is 5.98. The average Bonchev–Trinajstić information content (AvgIpc) is 3.25. The fourth-order valence-corrected chi connectivity index (χ4v) is 2.73. The zero-order chi connectivity index (χ0) is 20.8. The van der Waals surface area contributed by atoms with Gasteiger partial charge in [-0.3, -0.25) is 14.6 Å². The molecule has 1 aliphatic heterocycles. The van der Waals surface area contributed by atoms with Crippen LogP contribution in [0.5, 0.6) is 5.75 Å². The molecule has 0 spiro atoms. The molecule has 0 fully saturated rings. The number of carbonyl (C=O) groups is 1. The Morgan fingerprint density at radius 3 is 2.73 bits per heavy atom. The van der Waals surface area contributed by atoms with Gasteiger partial charge in [-0.1, -0.05) is 24.3 Å². The van der Waals surface area contributed by atoms with Crippen molar-refractivity contribution in [3.8, 4) is 5.75 Å². The topological polar surface area (TPSA) is 123 Å². The van der Waals surface area contributed by atoms with Gasteiger partial charge < -0.3 is 15.5 Å². The zero-order valence-corrected chi connectivity index (χ0v) is 15.9. The maximum atomic E-state index is 12.5. The minimum Gasteiger partial charge on any atom is -0.492 e. The number of hydrogen-bond acceptors (Lipinski definition) is 8. The number of ether oxygens (including phenoxy) is 1. The van der Waals surface area contributed by atoms with Crippen LogP contribution in [-0.4, -0.2) is 39.4 Å². The van der Waals surface area contributed by atoms with Gasteiger partial charge in [-0.2, -0.15) is 10.5 Å². The van der Waals surface area contributed by atoms with Gasteiger partial charge in [-0.25, -0.2) is 9.67 Å². The van der Waals surface area contributed by atoms with Crippen molar-refractivity contribution in [2.45, 2.75) is 12.8 Å². The molecule has 4 rings (SSSR count). The molecule has 1 aliphatic rings. The third-order valence-corrected chi connectivity index (χ3v) is 4.18. The van der Waals surface area contributed by atoms with Crippen LogP contribution in [0.25, 0.3) is 0 Å². The quantitative estimate of drug-likeness (QED) is 0.516. The molecule has 0 saturated heterocycles. The van der Waals surface area contributed by atoms with Crippen molar-refractivity contribution >= 4 is 11.7 Å². The first-order chi connectivity index (χ1) is 14.7. The highest BCUT2D eigenvalue weighted by Crippen LogP contribution is 2.07. The SMILES string of the molecule is O=C(NC1N=C(c2ccccn2)NN1)c1ccc(=O)n(CCOc2ccccc2)n1. The number of nitrogens with zero attached hydrogens (tertiary/aromatic N) is 4. The first kappa shape index (κ1) is 19.3. The molecule has 1 atom stereocenters. The van der Waals surface area contributed by atoms with E-state index < -0.39 is 12.2 Å². The molecule has 3 heterocycles. The Balaban J connectivity index is 1.38. The monoisotopic (exact) mass is 405 g/mol.